The summed E-state index contributed by atoms with van der Waals surface area (Å²) in [5.41, 5.74) is 5.79. The minimum atomic E-state index is -0.778. The number of benzene rings is 1. The fourth-order valence-electron chi connectivity index (χ4n) is 2.67. The molecule has 1 fully saturated rings. The summed E-state index contributed by atoms with van der Waals surface area (Å²) in [7, 11) is 0. The van der Waals surface area contributed by atoms with Crippen molar-refractivity contribution in [3.63, 3.8) is 0 Å². The van der Waals surface area contributed by atoms with Gasteiger partial charge in [0.15, 0.2) is 0 Å². The standard InChI is InChI=1S/C14H17BrN2O3/c1-2-14(13(19)20)5-6-17(8-14)11-4-3-9(15)7-10(11)12(16)18/h3-4,7H,2,5-6,8H2,1H3,(H2,16,18)(H,19,20). The molecule has 0 saturated carbocycles. The van der Waals surface area contributed by atoms with Crippen LogP contribution in [0.2, 0.25) is 0 Å². The molecular formula is C14H17BrN2O3. The maximum Gasteiger partial charge on any atom is 0.311 e. The number of rotatable bonds is 4. The summed E-state index contributed by atoms with van der Waals surface area (Å²) in [5.74, 6) is -1.29. The second-order valence-electron chi connectivity index (χ2n) is 5.14. The molecule has 1 aromatic rings. The number of carboxylic acids is 1. The van der Waals surface area contributed by atoms with E-state index in [0.29, 0.717) is 37.2 Å². The van der Waals surface area contributed by atoms with Gasteiger partial charge in [-0.2, -0.15) is 0 Å². The highest BCUT2D eigenvalue weighted by Crippen LogP contribution is 2.38. The minimum Gasteiger partial charge on any atom is -0.481 e. The first-order valence-corrected chi connectivity index (χ1v) is 7.26. The van der Waals surface area contributed by atoms with Crippen LogP contribution in [0.15, 0.2) is 22.7 Å². The molecule has 0 aromatic heterocycles. The van der Waals surface area contributed by atoms with Crippen molar-refractivity contribution < 1.29 is 14.7 Å². The number of carbonyl (C=O) groups excluding carboxylic acids is 1. The normalized spacial score (nSPS) is 22.0. The molecule has 3 N–H and O–H groups in total. The molecule has 0 aliphatic carbocycles. The summed E-state index contributed by atoms with van der Waals surface area (Å²) >= 11 is 3.31. The maximum atomic E-state index is 11.6. The molecule has 0 radical (unpaired) electrons. The van der Waals surface area contributed by atoms with Crippen LogP contribution in [0.4, 0.5) is 5.69 Å². The number of carbonyl (C=O) groups is 2. The summed E-state index contributed by atoms with van der Waals surface area (Å²) in [4.78, 5) is 25.0. The van der Waals surface area contributed by atoms with E-state index >= 15 is 0 Å². The van der Waals surface area contributed by atoms with E-state index in [4.69, 9.17) is 5.73 Å². The van der Waals surface area contributed by atoms with Gasteiger partial charge in [-0.15, -0.1) is 0 Å². The SMILES string of the molecule is CCC1(C(=O)O)CCN(c2ccc(Br)cc2C(N)=O)C1. The lowest BCUT2D eigenvalue weighted by atomic mass is 9.84. The second-order valence-corrected chi connectivity index (χ2v) is 6.05. The highest BCUT2D eigenvalue weighted by atomic mass is 79.9. The van der Waals surface area contributed by atoms with Gasteiger partial charge in [0.2, 0.25) is 0 Å². The van der Waals surface area contributed by atoms with Gasteiger partial charge in [0.05, 0.1) is 11.0 Å². The Labute approximate surface area is 125 Å². The molecule has 108 valence electrons. The van der Waals surface area contributed by atoms with Crippen LogP contribution in [0.5, 0.6) is 0 Å². The molecule has 1 unspecified atom stereocenters. The van der Waals surface area contributed by atoms with E-state index in [1.807, 2.05) is 17.9 Å². The number of amides is 1. The van der Waals surface area contributed by atoms with Gasteiger partial charge in [0, 0.05) is 23.2 Å². The number of carboxylic acid groups (broad SMARTS) is 1. The van der Waals surface area contributed by atoms with Crippen molar-refractivity contribution in [2.24, 2.45) is 11.1 Å². The third kappa shape index (κ3) is 2.52. The fourth-order valence-corrected chi connectivity index (χ4v) is 3.03. The van der Waals surface area contributed by atoms with Gasteiger partial charge in [0.1, 0.15) is 0 Å². The summed E-state index contributed by atoms with van der Waals surface area (Å²) < 4.78 is 0.772. The molecule has 1 aliphatic heterocycles. The van der Waals surface area contributed by atoms with Crippen LogP contribution in [0.1, 0.15) is 30.1 Å². The molecule has 1 amide bonds. The molecule has 1 saturated heterocycles. The van der Waals surface area contributed by atoms with E-state index in [0.717, 1.165) is 4.47 Å². The molecule has 5 nitrogen and oxygen atoms in total. The molecule has 2 rings (SSSR count). The van der Waals surface area contributed by atoms with Crippen molar-refractivity contribution in [1.82, 2.24) is 0 Å². The number of aliphatic carboxylic acids is 1. The summed E-state index contributed by atoms with van der Waals surface area (Å²) in [6.07, 6.45) is 1.15. The zero-order valence-corrected chi connectivity index (χ0v) is 12.8. The molecule has 20 heavy (non-hydrogen) atoms. The van der Waals surface area contributed by atoms with Gasteiger partial charge < -0.3 is 15.7 Å². The predicted molar refractivity (Wildman–Crippen MR) is 79.8 cm³/mol. The topological polar surface area (TPSA) is 83.6 Å². The molecule has 1 atom stereocenters. The second kappa shape index (κ2) is 5.44. The Bertz CT molecular complexity index is 561. The quantitative estimate of drug-likeness (QED) is 0.880. The van der Waals surface area contributed by atoms with E-state index in [-0.39, 0.29) is 0 Å². The van der Waals surface area contributed by atoms with Crippen LogP contribution < -0.4 is 10.6 Å². The third-order valence-corrected chi connectivity index (χ3v) is 4.54. The lowest BCUT2D eigenvalue weighted by molar-refractivity contribution is -0.147. The van der Waals surface area contributed by atoms with E-state index < -0.39 is 17.3 Å². The first-order chi connectivity index (χ1) is 9.39. The van der Waals surface area contributed by atoms with Crippen LogP contribution in [0.25, 0.3) is 0 Å². The number of hydrogen-bond donors (Lipinski definition) is 2. The fraction of sp³-hybridized carbons (Fsp3) is 0.429. The smallest absolute Gasteiger partial charge is 0.311 e. The van der Waals surface area contributed by atoms with Crippen molar-refractivity contribution in [2.45, 2.75) is 19.8 Å². The zero-order valence-electron chi connectivity index (χ0n) is 11.2. The summed E-state index contributed by atoms with van der Waals surface area (Å²) in [6, 6.07) is 5.30. The highest BCUT2D eigenvalue weighted by molar-refractivity contribution is 9.10. The van der Waals surface area contributed by atoms with Crippen LogP contribution in [-0.2, 0) is 4.79 Å². The zero-order chi connectivity index (χ0) is 14.9. The molecule has 1 heterocycles. The van der Waals surface area contributed by atoms with Crippen molar-refractivity contribution in [3.05, 3.63) is 28.2 Å². The van der Waals surface area contributed by atoms with Gasteiger partial charge in [0.25, 0.3) is 5.91 Å². The maximum absolute atomic E-state index is 11.6. The first-order valence-electron chi connectivity index (χ1n) is 6.47. The van der Waals surface area contributed by atoms with E-state index in [1.54, 1.807) is 12.1 Å². The highest BCUT2D eigenvalue weighted by Gasteiger charge is 2.43. The van der Waals surface area contributed by atoms with Gasteiger partial charge in [-0.1, -0.05) is 22.9 Å². The average Bonchev–Trinajstić information content (AvgIpc) is 2.84. The van der Waals surface area contributed by atoms with Crippen LogP contribution in [0.3, 0.4) is 0 Å². The molecular weight excluding hydrogens is 324 g/mol. The lowest BCUT2D eigenvalue weighted by Gasteiger charge is -2.25. The van der Waals surface area contributed by atoms with Crippen LogP contribution in [0, 0.1) is 5.41 Å². The van der Waals surface area contributed by atoms with Crippen LogP contribution in [-0.4, -0.2) is 30.1 Å². The lowest BCUT2D eigenvalue weighted by Crippen LogP contribution is -2.34. The number of halogens is 1. The van der Waals surface area contributed by atoms with E-state index in [9.17, 15) is 14.7 Å². The molecule has 0 spiro atoms. The van der Waals surface area contributed by atoms with Crippen molar-refractivity contribution in [2.75, 3.05) is 18.0 Å². The van der Waals surface area contributed by atoms with Crippen LogP contribution >= 0.6 is 15.9 Å². The Hall–Kier alpha value is -1.56. The molecule has 0 bridgehead atoms. The Morgan fingerprint density at radius 2 is 2.20 bits per heavy atom. The van der Waals surface area contributed by atoms with Crippen molar-refractivity contribution >= 4 is 33.5 Å². The number of hydrogen-bond acceptors (Lipinski definition) is 3. The largest absolute Gasteiger partial charge is 0.481 e. The Balaban J connectivity index is 2.35. The summed E-state index contributed by atoms with van der Waals surface area (Å²) in [6.45, 7) is 2.90. The summed E-state index contributed by atoms with van der Waals surface area (Å²) in [5, 5.41) is 9.43. The first kappa shape index (κ1) is 14.8. The number of primary amides is 1. The van der Waals surface area contributed by atoms with E-state index in [2.05, 4.69) is 15.9 Å². The molecule has 1 aliphatic rings. The minimum absolute atomic E-state index is 0.404. The number of anilines is 1. The third-order valence-electron chi connectivity index (χ3n) is 4.05. The average molecular weight is 341 g/mol. The monoisotopic (exact) mass is 340 g/mol. The Kier molecular flexibility index (Phi) is 4.04. The molecule has 6 heteroatoms. The Morgan fingerprint density at radius 3 is 2.70 bits per heavy atom. The molecule has 1 aromatic carbocycles. The van der Waals surface area contributed by atoms with Crippen molar-refractivity contribution in [1.29, 1.82) is 0 Å². The van der Waals surface area contributed by atoms with E-state index in [1.165, 1.54) is 0 Å². The van der Waals surface area contributed by atoms with Gasteiger partial charge in [-0.05, 0) is 31.0 Å². The van der Waals surface area contributed by atoms with Gasteiger partial charge in [-0.25, -0.2) is 0 Å². The van der Waals surface area contributed by atoms with Gasteiger partial charge in [-0.3, -0.25) is 9.59 Å². The van der Waals surface area contributed by atoms with Gasteiger partial charge >= 0.3 is 5.97 Å². The number of nitrogens with zero attached hydrogens (tertiary/aromatic N) is 1. The number of nitrogens with two attached hydrogens (primary N) is 1. The Morgan fingerprint density at radius 1 is 1.50 bits per heavy atom. The van der Waals surface area contributed by atoms with Crippen molar-refractivity contribution in [3.8, 4) is 0 Å². The predicted octanol–water partition coefficient (Wildman–Crippen LogP) is 2.24.